The summed E-state index contributed by atoms with van der Waals surface area (Å²) >= 11 is 14.4. The zero-order valence-electron chi connectivity index (χ0n) is 15.5. The first-order valence-electron chi connectivity index (χ1n) is 8.90. The highest BCUT2D eigenvalue weighted by Gasteiger charge is 2.33. The molecule has 0 atom stereocenters. The van der Waals surface area contributed by atoms with Gasteiger partial charge in [-0.2, -0.15) is 18.3 Å². The fourth-order valence-corrected chi connectivity index (χ4v) is 3.94. The fourth-order valence-electron chi connectivity index (χ4n) is 3.02. The molecule has 0 radical (unpaired) electrons. The summed E-state index contributed by atoms with van der Waals surface area (Å²) in [7, 11) is 0. The molecule has 3 aromatic carbocycles. The lowest BCUT2D eigenvalue weighted by atomic mass is 10.2. The van der Waals surface area contributed by atoms with Gasteiger partial charge in [-0.05, 0) is 66.8 Å². The van der Waals surface area contributed by atoms with Crippen molar-refractivity contribution < 1.29 is 13.2 Å². The molecule has 4 rings (SSSR count). The second-order valence-corrected chi connectivity index (χ2v) is 8.22. The predicted octanol–water partition coefficient (Wildman–Crippen LogP) is 7.27. The Morgan fingerprint density at radius 1 is 1.00 bits per heavy atom. The van der Waals surface area contributed by atoms with E-state index >= 15 is 0 Å². The summed E-state index contributed by atoms with van der Waals surface area (Å²) in [4.78, 5) is 0. The molecule has 0 amide bonds. The number of nitrogens with zero attached hydrogens (tertiary/aromatic N) is 2. The predicted molar refractivity (Wildman–Crippen MR) is 125 cm³/mol. The maximum absolute atomic E-state index is 13.0. The van der Waals surface area contributed by atoms with Gasteiger partial charge >= 0.3 is 6.18 Å². The van der Waals surface area contributed by atoms with Crippen molar-refractivity contribution in [3.8, 4) is 5.69 Å². The Morgan fingerprint density at radius 2 is 1.68 bits per heavy atom. The number of anilines is 2. The molecule has 0 saturated heterocycles. The molecular formula is C21H13BrClF3N4S. The van der Waals surface area contributed by atoms with E-state index in [1.165, 1.54) is 12.1 Å². The van der Waals surface area contributed by atoms with Gasteiger partial charge in [0.2, 0.25) is 0 Å². The van der Waals surface area contributed by atoms with E-state index in [-0.39, 0.29) is 15.8 Å². The summed E-state index contributed by atoms with van der Waals surface area (Å²) in [5.74, 6) is 0. The van der Waals surface area contributed by atoms with Crippen LogP contribution in [0, 0.1) is 0 Å². The lowest BCUT2D eigenvalue weighted by Gasteiger charge is -2.14. The molecule has 0 spiro atoms. The van der Waals surface area contributed by atoms with Gasteiger partial charge in [0.05, 0.1) is 28.0 Å². The summed E-state index contributed by atoms with van der Waals surface area (Å²) in [5, 5.41) is 10.9. The molecule has 4 nitrogen and oxygen atoms in total. The third-order valence-electron chi connectivity index (χ3n) is 4.46. The van der Waals surface area contributed by atoms with Crippen molar-refractivity contribution in [2.24, 2.45) is 0 Å². The van der Waals surface area contributed by atoms with Crippen molar-refractivity contribution in [1.82, 2.24) is 9.78 Å². The first-order chi connectivity index (χ1) is 14.7. The van der Waals surface area contributed by atoms with Crippen LogP contribution in [0.3, 0.4) is 0 Å². The lowest BCUT2D eigenvalue weighted by Crippen LogP contribution is -2.19. The van der Waals surface area contributed by atoms with E-state index in [4.69, 9.17) is 23.8 Å². The number of hydrogen-bond donors (Lipinski definition) is 2. The molecule has 1 heterocycles. The van der Waals surface area contributed by atoms with Gasteiger partial charge in [0, 0.05) is 21.2 Å². The lowest BCUT2D eigenvalue weighted by molar-refractivity contribution is -0.137. The normalized spacial score (nSPS) is 11.5. The van der Waals surface area contributed by atoms with E-state index in [2.05, 4.69) is 31.7 Å². The highest BCUT2D eigenvalue weighted by Crippen LogP contribution is 2.36. The van der Waals surface area contributed by atoms with E-state index < -0.39 is 11.7 Å². The molecular weight excluding hydrogens is 513 g/mol. The van der Waals surface area contributed by atoms with Crippen molar-refractivity contribution in [2.45, 2.75) is 6.18 Å². The molecule has 0 fully saturated rings. The van der Waals surface area contributed by atoms with Gasteiger partial charge < -0.3 is 10.6 Å². The number of fused-ring (bicyclic) bond motifs is 1. The molecule has 1 aromatic heterocycles. The topological polar surface area (TPSA) is 41.9 Å². The number of rotatable bonds is 3. The monoisotopic (exact) mass is 524 g/mol. The summed E-state index contributed by atoms with van der Waals surface area (Å²) in [6.07, 6.45) is -2.77. The Balaban J connectivity index is 1.48. The molecule has 10 heteroatoms. The van der Waals surface area contributed by atoms with Gasteiger partial charge in [0.25, 0.3) is 0 Å². The zero-order chi connectivity index (χ0) is 22.2. The molecule has 0 aliphatic heterocycles. The maximum Gasteiger partial charge on any atom is 0.417 e. The van der Waals surface area contributed by atoms with E-state index in [9.17, 15) is 13.2 Å². The minimum absolute atomic E-state index is 0.150. The van der Waals surface area contributed by atoms with Crippen molar-refractivity contribution in [2.75, 3.05) is 10.6 Å². The Bertz CT molecular complexity index is 1270. The van der Waals surface area contributed by atoms with E-state index in [1.54, 1.807) is 18.3 Å². The molecule has 0 bridgehead atoms. The molecule has 0 unspecified atom stereocenters. The minimum Gasteiger partial charge on any atom is -0.332 e. The third-order valence-corrected chi connectivity index (χ3v) is 5.68. The summed E-state index contributed by atoms with van der Waals surface area (Å²) < 4.78 is 41.8. The average Bonchev–Trinajstić information content (AvgIpc) is 3.15. The van der Waals surface area contributed by atoms with Gasteiger partial charge in [-0.25, -0.2) is 4.68 Å². The number of thiocarbonyl (C=S) groups is 1. The molecule has 158 valence electrons. The number of alkyl halides is 3. The highest BCUT2D eigenvalue weighted by atomic mass is 79.9. The van der Waals surface area contributed by atoms with Crippen LogP contribution >= 0.6 is 39.7 Å². The summed E-state index contributed by atoms with van der Waals surface area (Å²) in [6, 6.07) is 16.7. The van der Waals surface area contributed by atoms with E-state index in [1.807, 2.05) is 35.0 Å². The Labute approximate surface area is 194 Å². The van der Waals surface area contributed by atoms with Crippen LogP contribution in [0.25, 0.3) is 16.6 Å². The number of hydrogen-bond acceptors (Lipinski definition) is 2. The van der Waals surface area contributed by atoms with Crippen LogP contribution in [0.1, 0.15) is 5.56 Å². The number of halogens is 5. The standard InChI is InChI=1S/C21H13BrClF3N4S/c22-17-2-1-3-19-15(17)11-27-30(19)14-7-4-12(5-8-14)28-20(31)29-13-6-9-18(23)16(10-13)21(24,25)26/h1-11H,(H2,28,29,31). The van der Waals surface area contributed by atoms with Crippen LogP contribution in [0.5, 0.6) is 0 Å². The largest absolute Gasteiger partial charge is 0.417 e. The molecule has 31 heavy (non-hydrogen) atoms. The van der Waals surface area contributed by atoms with Crippen LogP contribution in [-0.4, -0.2) is 14.9 Å². The number of benzene rings is 3. The fraction of sp³-hybridized carbons (Fsp3) is 0.0476. The SMILES string of the molecule is FC(F)(F)c1cc(NC(=S)Nc2ccc(-n3ncc4c(Br)cccc43)cc2)ccc1Cl. The van der Waals surface area contributed by atoms with E-state index in [0.29, 0.717) is 5.69 Å². The van der Waals surface area contributed by atoms with E-state index in [0.717, 1.165) is 27.1 Å². The second-order valence-electron chi connectivity index (χ2n) is 6.55. The van der Waals surface area contributed by atoms with Gasteiger partial charge in [0.1, 0.15) is 0 Å². The van der Waals surface area contributed by atoms with Gasteiger partial charge in [0.15, 0.2) is 5.11 Å². The Hall–Kier alpha value is -2.62. The van der Waals surface area contributed by atoms with Crippen molar-refractivity contribution >= 4 is 67.1 Å². The number of aromatic nitrogens is 2. The van der Waals surface area contributed by atoms with Crippen LogP contribution in [0.2, 0.25) is 5.02 Å². The Kier molecular flexibility index (Phi) is 5.92. The zero-order valence-corrected chi connectivity index (χ0v) is 18.7. The quantitative estimate of drug-likeness (QED) is 0.276. The third kappa shape index (κ3) is 4.68. The average molecular weight is 526 g/mol. The van der Waals surface area contributed by atoms with Gasteiger partial charge in [-0.1, -0.05) is 33.6 Å². The molecule has 0 saturated carbocycles. The smallest absolute Gasteiger partial charge is 0.332 e. The maximum atomic E-state index is 13.0. The molecule has 0 aliphatic carbocycles. The van der Waals surface area contributed by atoms with Crippen LogP contribution < -0.4 is 10.6 Å². The van der Waals surface area contributed by atoms with Crippen LogP contribution in [0.4, 0.5) is 24.5 Å². The molecule has 0 aliphatic rings. The highest BCUT2D eigenvalue weighted by molar-refractivity contribution is 9.10. The van der Waals surface area contributed by atoms with Gasteiger partial charge in [-0.15, -0.1) is 0 Å². The Morgan fingerprint density at radius 3 is 2.39 bits per heavy atom. The minimum atomic E-state index is -4.55. The van der Waals surface area contributed by atoms with Crippen LogP contribution in [-0.2, 0) is 6.18 Å². The van der Waals surface area contributed by atoms with Crippen molar-refractivity contribution in [3.05, 3.63) is 81.9 Å². The molecule has 2 N–H and O–H groups in total. The number of nitrogens with one attached hydrogen (secondary N) is 2. The van der Waals surface area contributed by atoms with Crippen molar-refractivity contribution in [1.29, 1.82) is 0 Å². The van der Waals surface area contributed by atoms with Gasteiger partial charge in [-0.3, -0.25) is 0 Å². The second kappa shape index (κ2) is 8.49. The summed E-state index contributed by atoms with van der Waals surface area (Å²) in [5.41, 5.74) is 1.73. The first kappa shape index (κ1) is 21.6. The van der Waals surface area contributed by atoms with Crippen LogP contribution in [0.15, 0.2) is 71.3 Å². The van der Waals surface area contributed by atoms with Crippen molar-refractivity contribution in [3.63, 3.8) is 0 Å². The molecule has 4 aromatic rings. The summed E-state index contributed by atoms with van der Waals surface area (Å²) in [6.45, 7) is 0. The first-order valence-corrected chi connectivity index (χ1v) is 10.5.